The van der Waals surface area contributed by atoms with E-state index in [0.29, 0.717) is 6.42 Å². The highest BCUT2D eigenvalue weighted by molar-refractivity contribution is 5.95. The fourth-order valence-electron chi connectivity index (χ4n) is 3.53. The molecule has 5 nitrogen and oxygen atoms in total. The Bertz CT molecular complexity index is 689. The molecule has 0 aliphatic heterocycles. The van der Waals surface area contributed by atoms with Gasteiger partial charge < -0.3 is 16.0 Å². The molecule has 0 radical (unpaired) electrons. The molecule has 1 aliphatic rings. The molecule has 1 fully saturated rings. The molecule has 0 bridgehead atoms. The highest BCUT2D eigenvalue weighted by atomic mass is 19.4. The number of amides is 2. The molecule has 2 atom stereocenters. The Morgan fingerprint density at radius 1 is 1.30 bits per heavy atom. The minimum absolute atomic E-state index is 0.221. The van der Waals surface area contributed by atoms with Crippen LogP contribution in [0.1, 0.15) is 45.1 Å². The summed E-state index contributed by atoms with van der Waals surface area (Å²) in [6.45, 7) is 3.53. The standard InChI is InChI=1S/C19H26F3N3O2/c1-3-25(17(27)14-9-6-7-11-18(14,2)23)12-16(26)24-15-10-5-4-8-13(15)19(20,21)22/h4-5,8,10,14H,3,6-7,9,11-12,23H2,1-2H3,(H,24,26). The molecule has 0 saturated heterocycles. The molecule has 1 saturated carbocycles. The van der Waals surface area contributed by atoms with E-state index in [-0.39, 0.29) is 30.6 Å². The lowest BCUT2D eigenvalue weighted by molar-refractivity contribution is -0.141. The number of alkyl halides is 3. The Hall–Kier alpha value is -2.09. The molecular weight excluding hydrogens is 359 g/mol. The van der Waals surface area contributed by atoms with Gasteiger partial charge in [0.15, 0.2) is 0 Å². The summed E-state index contributed by atoms with van der Waals surface area (Å²) in [5.41, 5.74) is 4.39. The molecular formula is C19H26F3N3O2. The molecule has 1 aromatic carbocycles. The summed E-state index contributed by atoms with van der Waals surface area (Å²) >= 11 is 0. The van der Waals surface area contributed by atoms with Gasteiger partial charge in [-0.15, -0.1) is 0 Å². The van der Waals surface area contributed by atoms with Crippen molar-refractivity contribution in [2.45, 2.75) is 51.2 Å². The lowest BCUT2D eigenvalue weighted by atomic mass is 9.74. The van der Waals surface area contributed by atoms with E-state index < -0.39 is 23.2 Å². The number of nitrogens with two attached hydrogens (primary N) is 1. The van der Waals surface area contributed by atoms with Crippen molar-refractivity contribution in [1.29, 1.82) is 0 Å². The van der Waals surface area contributed by atoms with Crippen LogP contribution in [0, 0.1) is 5.92 Å². The summed E-state index contributed by atoms with van der Waals surface area (Å²) in [5.74, 6) is -1.28. The van der Waals surface area contributed by atoms with Crippen LogP contribution >= 0.6 is 0 Å². The van der Waals surface area contributed by atoms with Crippen LogP contribution in [0.2, 0.25) is 0 Å². The van der Waals surface area contributed by atoms with Gasteiger partial charge in [0.25, 0.3) is 0 Å². The van der Waals surface area contributed by atoms with Crippen LogP contribution in [-0.4, -0.2) is 35.3 Å². The third-order valence-corrected chi connectivity index (χ3v) is 5.09. The molecule has 27 heavy (non-hydrogen) atoms. The molecule has 1 aromatic rings. The van der Waals surface area contributed by atoms with Crippen LogP contribution < -0.4 is 11.1 Å². The van der Waals surface area contributed by atoms with Crippen molar-refractivity contribution in [2.24, 2.45) is 11.7 Å². The Morgan fingerprint density at radius 3 is 2.56 bits per heavy atom. The normalized spacial score (nSPS) is 23.0. The van der Waals surface area contributed by atoms with Crippen molar-refractivity contribution in [3.8, 4) is 0 Å². The fourth-order valence-corrected chi connectivity index (χ4v) is 3.53. The van der Waals surface area contributed by atoms with E-state index in [2.05, 4.69) is 5.32 Å². The Kier molecular flexibility index (Phi) is 6.51. The maximum atomic E-state index is 13.1. The fraction of sp³-hybridized carbons (Fsp3) is 0.579. The van der Waals surface area contributed by atoms with Crippen molar-refractivity contribution in [3.05, 3.63) is 29.8 Å². The summed E-state index contributed by atoms with van der Waals surface area (Å²) in [6, 6.07) is 4.76. The molecule has 1 aliphatic carbocycles. The highest BCUT2D eigenvalue weighted by Crippen LogP contribution is 2.35. The predicted molar refractivity (Wildman–Crippen MR) is 96.9 cm³/mol. The Balaban J connectivity index is 2.09. The Morgan fingerprint density at radius 2 is 1.96 bits per heavy atom. The van der Waals surface area contributed by atoms with Gasteiger partial charge in [-0.25, -0.2) is 0 Å². The molecule has 0 spiro atoms. The van der Waals surface area contributed by atoms with Crippen molar-refractivity contribution in [2.75, 3.05) is 18.4 Å². The van der Waals surface area contributed by atoms with E-state index in [1.54, 1.807) is 6.92 Å². The van der Waals surface area contributed by atoms with Gasteiger partial charge >= 0.3 is 6.18 Å². The lowest BCUT2D eigenvalue weighted by Gasteiger charge is -2.39. The third-order valence-electron chi connectivity index (χ3n) is 5.09. The lowest BCUT2D eigenvalue weighted by Crippen LogP contribution is -2.54. The van der Waals surface area contributed by atoms with Crippen LogP contribution in [0.5, 0.6) is 0 Å². The van der Waals surface area contributed by atoms with E-state index in [1.165, 1.54) is 23.1 Å². The predicted octanol–water partition coefficient (Wildman–Crippen LogP) is 3.40. The van der Waals surface area contributed by atoms with Crippen molar-refractivity contribution in [3.63, 3.8) is 0 Å². The van der Waals surface area contributed by atoms with Gasteiger partial charge in [-0.2, -0.15) is 13.2 Å². The number of nitrogens with zero attached hydrogens (tertiary/aromatic N) is 1. The van der Waals surface area contributed by atoms with Crippen molar-refractivity contribution >= 4 is 17.5 Å². The van der Waals surface area contributed by atoms with E-state index in [1.807, 2.05) is 6.92 Å². The SMILES string of the molecule is CCN(CC(=O)Nc1ccccc1C(F)(F)F)C(=O)C1CCCCC1(C)N. The molecule has 0 aromatic heterocycles. The second-order valence-corrected chi connectivity index (χ2v) is 7.25. The summed E-state index contributed by atoms with van der Waals surface area (Å²) in [5, 5.41) is 2.28. The van der Waals surface area contributed by atoms with Gasteiger partial charge in [-0.1, -0.05) is 25.0 Å². The van der Waals surface area contributed by atoms with Crippen molar-refractivity contribution in [1.82, 2.24) is 4.90 Å². The summed E-state index contributed by atoms with van der Waals surface area (Å²) in [7, 11) is 0. The van der Waals surface area contributed by atoms with Gasteiger partial charge in [0, 0.05) is 12.1 Å². The van der Waals surface area contributed by atoms with Gasteiger partial charge in [-0.05, 0) is 38.8 Å². The minimum Gasteiger partial charge on any atom is -0.333 e. The number of para-hydroxylation sites is 1. The maximum absolute atomic E-state index is 13.1. The van der Waals surface area contributed by atoms with Gasteiger partial charge in [0.05, 0.1) is 23.7 Å². The van der Waals surface area contributed by atoms with E-state index in [4.69, 9.17) is 5.73 Å². The zero-order valence-corrected chi connectivity index (χ0v) is 15.6. The van der Waals surface area contributed by atoms with Gasteiger partial charge in [0.1, 0.15) is 0 Å². The first-order valence-corrected chi connectivity index (χ1v) is 9.10. The van der Waals surface area contributed by atoms with Crippen molar-refractivity contribution < 1.29 is 22.8 Å². The topological polar surface area (TPSA) is 75.4 Å². The van der Waals surface area contributed by atoms with Crippen LogP contribution in [0.3, 0.4) is 0 Å². The number of benzene rings is 1. The molecule has 0 heterocycles. The zero-order valence-electron chi connectivity index (χ0n) is 15.6. The average molecular weight is 385 g/mol. The molecule has 150 valence electrons. The summed E-state index contributed by atoms with van der Waals surface area (Å²) < 4.78 is 39.2. The number of halogens is 3. The summed E-state index contributed by atoms with van der Waals surface area (Å²) in [6.07, 6.45) is -1.34. The Labute approximate surface area is 157 Å². The van der Waals surface area contributed by atoms with Crippen LogP contribution in [-0.2, 0) is 15.8 Å². The molecule has 2 rings (SSSR count). The molecule has 3 N–H and O–H groups in total. The smallest absolute Gasteiger partial charge is 0.333 e. The average Bonchev–Trinajstić information content (AvgIpc) is 2.58. The van der Waals surface area contributed by atoms with Crippen LogP contribution in [0.15, 0.2) is 24.3 Å². The zero-order chi connectivity index (χ0) is 20.2. The number of carbonyl (C=O) groups is 2. The quantitative estimate of drug-likeness (QED) is 0.816. The minimum atomic E-state index is -4.58. The van der Waals surface area contributed by atoms with Gasteiger partial charge in [0.2, 0.25) is 11.8 Å². The largest absolute Gasteiger partial charge is 0.418 e. The monoisotopic (exact) mass is 385 g/mol. The molecule has 8 heteroatoms. The maximum Gasteiger partial charge on any atom is 0.418 e. The van der Waals surface area contributed by atoms with E-state index >= 15 is 0 Å². The molecule has 2 amide bonds. The number of nitrogens with one attached hydrogen (secondary N) is 1. The number of likely N-dealkylation sites (N-methyl/N-ethyl adjacent to an activating group) is 1. The number of carbonyl (C=O) groups excluding carboxylic acids is 2. The first-order chi connectivity index (χ1) is 12.6. The second kappa shape index (κ2) is 8.29. The first kappa shape index (κ1) is 21.2. The van der Waals surface area contributed by atoms with E-state index in [9.17, 15) is 22.8 Å². The highest BCUT2D eigenvalue weighted by Gasteiger charge is 2.40. The van der Waals surface area contributed by atoms with E-state index in [0.717, 1.165) is 25.3 Å². The molecule has 2 unspecified atom stereocenters. The second-order valence-electron chi connectivity index (χ2n) is 7.25. The number of rotatable bonds is 5. The number of anilines is 1. The number of hydrogen-bond acceptors (Lipinski definition) is 3. The van der Waals surface area contributed by atoms with Crippen LogP contribution in [0.4, 0.5) is 18.9 Å². The summed E-state index contributed by atoms with van der Waals surface area (Å²) in [4.78, 5) is 26.5. The number of hydrogen-bond donors (Lipinski definition) is 2. The van der Waals surface area contributed by atoms with Gasteiger partial charge in [-0.3, -0.25) is 9.59 Å². The van der Waals surface area contributed by atoms with Crippen LogP contribution in [0.25, 0.3) is 0 Å². The first-order valence-electron chi connectivity index (χ1n) is 9.10. The third kappa shape index (κ3) is 5.22.